The molecule has 2 heterocycles. The maximum atomic E-state index is 9.50. The second-order valence-electron chi connectivity index (χ2n) is 4.65. The lowest BCUT2D eigenvalue weighted by atomic mass is 10.00. The van der Waals surface area contributed by atoms with E-state index in [9.17, 15) is 5.11 Å². The molecule has 2 aromatic rings. The number of nitrogens with one attached hydrogen (secondary N) is 1. The smallest absolute Gasteiger partial charge is 0.164 e. The minimum Gasteiger partial charge on any atom is -0.394 e. The summed E-state index contributed by atoms with van der Waals surface area (Å²) in [5.74, 6) is 1.05. The number of aliphatic hydroxyl groups excluding tert-OH is 1. The molecule has 2 atom stereocenters. The van der Waals surface area contributed by atoms with Gasteiger partial charge in [-0.25, -0.2) is 14.6 Å². The van der Waals surface area contributed by atoms with Crippen LogP contribution in [0.1, 0.15) is 20.3 Å². The highest BCUT2D eigenvalue weighted by atomic mass is 79.9. The minimum atomic E-state index is -0.0322. The number of fused-ring (bicyclic) bond motifs is 1. The molecule has 0 aromatic carbocycles. The fourth-order valence-electron chi connectivity index (χ4n) is 1.98. The molecule has 0 amide bonds. The highest BCUT2D eigenvalue weighted by Gasteiger charge is 2.19. The fourth-order valence-corrected chi connectivity index (χ4v) is 2.58. The van der Waals surface area contributed by atoms with Crippen LogP contribution in [0.3, 0.4) is 0 Å². The largest absolute Gasteiger partial charge is 0.394 e. The average molecular weight is 328 g/mol. The lowest BCUT2D eigenvalue weighted by Gasteiger charge is -2.22. The van der Waals surface area contributed by atoms with Gasteiger partial charge in [-0.1, -0.05) is 20.3 Å². The van der Waals surface area contributed by atoms with Gasteiger partial charge in [-0.15, -0.1) is 0 Å². The monoisotopic (exact) mass is 327 g/mol. The Kier molecular flexibility index (Phi) is 4.36. The Hall–Kier alpha value is -1.21. The Morgan fingerprint density at radius 3 is 2.84 bits per heavy atom. The standard InChI is InChI=1S/C12H18BrN5O/c1-4-7(2)8(5-19)16-11-9-10(13)17-18(3)12(9)15-6-14-11/h6-8,19H,4-5H2,1-3H3,(H,14,15,16)/t7-,8+/m0/s1. The van der Waals surface area contributed by atoms with Crippen molar-refractivity contribution >= 4 is 32.8 Å². The maximum absolute atomic E-state index is 9.50. The Balaban J connectivity index is 2.40. The van der Waals surface area contributed by atoms with Crippen molar-refractivity contribution < 1.29 is 5.11 Å². The minimum absolute atomic E-state index is 0.0322. The molecule has 19 heavy (non-hydrogen) atoms. The van der Waals surface area contributed by atoms with Crippen LogP contribution in [-0.4, -0.2) is 37.5 Å². The third kappa shape index (κ3) is 2.71. The van der Waals surface area contributed by atoms with Gasteiger partial charge in [0, 0.05) is 7.05 Å². The average Bonchev–Trinajstić information content (AvgIpc) is 2.71. The van der Waals surface area contributed by atoms with Crippen LogP contribution < -0.4 is 5.32 Å². The summed E-state index contributed by atoms with van der Waals surface area (Å²) in [6, 6.07) is -0.0322. The van der Waals surface area contributed by atoms with Gasteiger partial charge < -0.3 is 10.4 Å². The van der Waals surface area contributed by atoms with Gasteiger partial charge in [0.05, 0.1) is 18.0 Å². The van der Waals surface area contributed by atoms with Gasteiger partial charge in [-0.3, -0.25) is 0 Å². The summed E-state index contributed by atoms with van der Waals surface area (Å²) < 4.78 is 2.40. The Labute approximate surface area is 120 Å². The number of rotatable bonds is 5. The van der Waals surface area contributed by atoms with E-state index in [4.69, 9.17) is 0 Å². The summed E-state index contributed by atoms with van der Waals surface area (Å²) in [4.78, 5) is 8.49. The molecule has 0 bridgehead atoms. The van der Waals surface area contributed by atoms with E-state index in [2.05, 4.69) is 50.2 Å². The molecule has 0 saturated carbocycles. The van der Waals surface area contributed by atoms with E-state index < -0.39 is 0 Å². The van der Waals surface area contributed by atoms with Gasteiger partial charge in [0.2, 0.25) is 0 Å². The maximum Gasteiger partial charge on any atom is 0.164 e. The number of aryl methyl sites for hydroxylation is 1. The zero-order valence-electron chi connectivity index (χ0n) is 11.3. The molecule has 104 valence electrons. The number of aliphatic hydroxyl groups is 1. The van der Waals surface area contributed by atoms with Crippen LogP contribution in [0.5, 0.6) is 0 Å². The van der Waals surface area contributed by atoms with Crippen LogP contribution in [0.4, 0.5) is 5.82 Å². The Bertz CT molecular complexity index is 570. The van der Waals surface area contributed by atoms with E-state index in [0.717, 1.165) is 17.5 Å². The number of aromatic nitrogens is 4. The second kappa shape index (κ2) is 5.83. The molecule has 0 aliphatic heterocycles. The number of hydrogen-bond acceptors (Lipinski definition) is 5. The van der Waals surface area contributed by atoms with Crippen LogP contribution in [0.15, 0.2) is 10.9 Å². The highest BCUT2D eigenvalue weighted by molar-refractivity contribution is 9.10. The van der Waals surface area contributed by atoms with Gasteiger partial charge in [0.15, 0.2) is 5.65 Å². The molecule has 0 spiro atoms. The first kappa shape index (κ1) is 14.2. The summed E-state index contributed by atoms with van der Waals surface area (Å²) in [7, 11) is 1.84. The summed E-state index contributed by atoms with van der Waals surface area (Å²) in [6.07, 6.45) is 2.49. The van der Waals surface area contributed by atoms with E-state index in [-0.39, 0.29) is 12.6 Å². The van der Waals surface area contributed by atoms with Crippen molar-refractivity contribution in [3.05, 3.63) is 10.9 Å². The van der Waals surface area contributed by atoms with E-state index in [1.165, 1.54) is 6.33 Å². The van der Waals surface area contributed by atoms with Crippen molar-refractivity contribution in [1.29, 1.82) is 0 Å². The van der Waals surface area contributed by atoms with Gasteiger partial charge in [-0.05, 0) is 21.8 Å². The first-order chi connectivity index (χ1) is 9.08. The molecule has 2 aromatic heterocycles. The lowest BCUT2D eigenvalue weighted by molar-refractivity contribution is 0.241. The highest BCUT2D eigenvalue weighted by Crippen LogP contribution is 2.28. The number of nitrogens with zero attached hydrogens (tertiary/aromatic N) is 4. The van der Waals surface area contributed by atoms with Crippen LogP contribution in [0.25, 0.3) is 11.0 Å². The SMILES string of the molecule is CC[C@H](C)[C@@H](CO)Nc1ncnc2c1c(Br)nn2C. The number of hydrogen-bond donors (Lipinski definition) is 2. The molecule has 0 aliphatic rings. The van der Waals surface area contributed by atoms with Gasteiger partial charge in [0.1, 0.15) is 16.7 Å². The van der Waals surface area contributed by atoms with E-state index >= 15 is 0 Å². The van der Waals surface area contributed by atoms with E-state index in [0.29, 0.717) is 16.3 Å². The first-order valence-electron chi connectivity index (χ1n) is 6.29. The zero-order chi connectivity index (χ0) is 14.0. The summed E-state index contributed by atoms with van der Waals surface area (Å²) in [5, 5.41) is 17.9. The summed E-state index contributed by atoms with van der Waals surface area (Å²) in [5.41, 5.74) is 0.755. The molecule has 0 radical (unpaired) electrons. The van der Waals surface area contributed by atoms with Crippen LogP contribution in [-0.2, 0) is 7.05 Å². The predicted molar refractivity (Wildman–Crippen MR) is 78.0 cm³/mol. The summed E-state index contributed by atoms with van der Waals surface area (Å²) in [6.45, 7) is 4.27. The molecule has 2 N–H and O–H groups in total. The number of anilines is 1. The number of halogens is 1. The third-order valence-corrected chi connectivity index (χ3v) is 3.98. The molecular weight excluding hydrogens is 310 g/mol. The Morgan fingerprint density at radius 1 is 1.47 bits per heavy atom. The molecule has 0 saturated heterocycles. The van der Waals surface area contributed by atoms with Crippen molar-refractivity contribution in [1.82, 2.24) is 19.7 Å². The molecule has 0 aliphatic carbocycles. The lowest BCUT2D eigenvalue weighted by Crippen LogP contribution is -2.31. The molecule has 0 unspecified atom stereocenters. The van der Waals surface area contributed by atoms with Crippen LogP contribution >= 0.6 is 15.9 Å². The normalized spacial score (nSPS) is 14.6. The zero-order valence-corrected chi connectivity index (χ0v) is 12.8. The molecule has 0 fully saturated rings. The molecule has 7 heteroatoms. The van der Waals surface area contributed by atoms with Gasteiger partial charge in [-0.2, -0.15) is 5.10 Å². The first-order valence-corrected chi connectivity index (χ1v) is 7.08. The van der Waals surface area contributed by atoms with Crippen LogP contribution in [0, 0.1) is 5.92 Å². The van der Waals surface area contributed by atoms with Crippen LogP contribution in [0.2, 0.25) is 0 Å². The van der Waals surface area contributed by atoms with Crippen molar-refractivity contribution in [2.75, 3.05) is 11.9 Å². The molecule has 2 rings (SSSR count). The van der Waals surface area contributed by atoms with Crippen molar-refractivity contribution in [2.45, 2.75) is 26.3 Å². The topological polar surface area (TPSA) is 75.9 Å². The quantitative estimate of drug-likeness (QED) is 0.877. The van der Waals surface area contributed by atoms with E-state index in [1.807, 2.05) is 7.05 Å². The van der Waals surface area contributed by atoms with Crippen molar-refractivity contribution in [2.24, 2.45) is 13.0 Å². The summed E-state index contributed by atoms with van der Waals surface area (Å²) >= 11 is 3.42. The third-order valence-electron chi connectivity index (χ3n) is 3.43. The fraction of sp³-hybridized carbons (Fsp3) is 0.583. The van der Waals surface area contributed by atoms with Gasteiger partial charge >= 0.3 is 0 Å². The second-order valence-corrected chi connectivity index (χ2v) is 5.41. The van der Waals surface area contributed by atoms with Gasteiger partial charge in [0.25, 0.3) is 0 Å². The van der Waals surface area contributed by atoms with Crippen molar-refractivity contribution in [3.63, 3.8) is 0 Å². The van der Waals surface area contributed by atoms with Crippen molar-refractivity contribution in [3.8, 4) is 0 Å². The van der Waals surface area contributed by atoms with E-state index in [1.54, 1.807) is 4.68 Å². The molecule has 6 nitrogen and oxygen atoms in total. The molecular formula is C12H18BrN5O. The predicted octanol–water partition coefficient (Wildman–Crippen LogP) is 1.94. The Morgan fingerprint density at radius 2 is 2.21 bits per heavy atom.